The van der Waals surface area contributed by atoms with Gasteiger partial charge in [-0.3, -0.25) is 0 Å². The number of hydrogen-bond acceptors (Lipinski definition) is 2. The summed E-state index contributed by atoms with van der Waals surface area (Å²) < 4.78 is 0. The molecule has 1 aromatic rings. The first kappa shape index (κ1) is 12.3. The second-order valence-corrected chi connectivity index (χ2v) is 4.82. The van der Waals surface area contributed by atoms with Crippen LogP contribution in [0.15, 0.2) is 11.4 Å². The molecule has 0 aliphatic heterocycles. The lowest BCUT2D eigenvalue weighted by atomic mass is 10.1. The highest BCUT2D eigenvalue weighted by Crippen LogP contribution is 2.18. The van der Waals surface area contributed by atoms with Crippen molar-refractivity contribution in [3.05, 3.63) is 21.9 Å². The van der Waals surface area contributed by atoms with Crippen LogP contribution in [0.3, 0.4) is 0 Å². The number of nitrogens with zero attached hydrogens (tertiary/aromatic N) is 1. The van der Waals surface area contributed by atoms with Gasteiger partial charge in [-0.25, -0.2) is 0 Å². The molecule has 0 aromatic carbocycles. The number of unbranched alkanes of at least 4 members (excludes halogenated alkanes) is 5. The van der Waals surface area contributed by atoms with E-state index in [9.17, 15) is 0 Å². The maximum atomic E-state index is 8.84. The van der Waals surface area contributed by atoms with Crippen molar-refractivity contribution in [3.8, 4) is 6.07 Å². The third-order valence-corrected chi connectivity index (χ3v) is 3.51. The standard InChI is InChI=1S/C13H19NS/c1-2-3-4-5-6-7-8-12-9-10-15-13(12)11-14/h9-10H,2-8H2,1H3. The molecule has 1 heterocycles. The van der Waals surface area contributed by atoms with Crippen molar-refractivity contribution in [2.24, 2.45) is 0 Å². The lowest BCUT2D eigenvalue weighted by molar-refractivity contribution is 0.607. The molecule has 0 saturated heterocycles. The summed E-state index contributed by atoms with van der Waals surface area (Å²) in [5.41, 5.74) is 1.25. The third-order valence-electron chi connectivity index (χ3n) is 2.65. The van der Waals surface area contributed by atoms with E-state index in [2.05, 4.69) is 19.1 Å². The van der Waals surface area contributed by atoms with Gasteiger partial charge in [0, 0.05) is 0 Å². The molecule has 1 rings (SSSR count). The molecule has 2 heteroatoms. The van der Waals surface area contributed by atoms with Crippen molar-refractivity contribution in [1.82, 2.24) is 0 Å². The van der Waals surface area contributed by atoms with Crippen LogP contribution in [0.5, 0.6) is 0 Å². The van der Waals surface area contributed by atoms with Gasteiger partial charge in [-0.2, -0.15) is 5.26 Å². The maximum absolute atomic E-state index is 8.84. The van der Waals surface area contributed by atoms with E-state index in [0.29, 0.717) is 0 Å². The van der Waals surface area contributed by atoms with Crippen molar-refractivity contribution in [2.45, 2.75) is 51.9 Å². The van der Waals surface area contributed by atoms with E-state index < -0.39 is 0 Å². The Hall–Kier alpha value is -0.810. The van der Waals surface area contributed by atoms with Crippen molar-refractivity contribution >= 4 is 11.3 Å². The topological polar surface area (TPSA) is 23.8 Å². The fraction of sp³-hybridized carbons (Fsp3) is 0.615. The molecule has 0 spiro atoms. The van der Waals surface area contributed by atoms with Crippen LogP contribution in [0.25, 0.3) is 0 Å². The number of thiophene rings is 1. The molecule has 15 heavy (non-hydrogen) atoms. The number of hydrogen-bond donors (Lipinski definition) is 0. The summed E-state index contributed by atoms with van der Waals surface area (Å²) >= 11 is 1.56. The monoisotopic (exact) mass is 221 g/mol. The van der Waals surface area contributed by atoms with Gasteiger partial charge in [0.2, 0.25) is 0 Å². The Kier molecular flexibility index (Phi) is 6.11. The van der Waals surface area contributed by atoms with Crippen molar-refractivity contribution in [1.29, 1.82) is 5.26 Å². The Morgan fingerprint density at radius 2 is 1.93 bits per heavy atom. The third kappa shape index (κ3) is 4.48. The Morgan fingerprint density at radius 3 is 2.67 bits per heavy atom. The quantitative estimate of drug-likeness (QED) is 0.621. The molecule has 1 aromatic heterocycles. The Labute approximate surface area is 96.7 Å². The first-order valence-corrected chi connectivity index (χ1v) is 6.73. The molecule has 0 radical (unpaired) electrons. The summed E-state index contributed by atoms with van der Waals surface area (Å²) in [6.45, 7) is 2.24. The zero-order valence-electron chi connectivity index (χ0n) is 9.46. The largest absolute Gasteiger partial charge is 0.192 e. The predicted octanol–water partition coefficient (Wildman–Crippen LogP) is 4.52. The first-order valence-electron chi connectivity index (χ1n) is 5.85. The average molecular weight is 221 g/mol. The normalized spacial score (nSPS) is 10.1. The van der Waals surface area contributed by atoms with E-state index in [1.54, 1.807) is 11.3 Å². The molecule has 0 saturated carbocycles. The van der Waals surface area contributed by atoms with Gasteiger partial charge in [0.05, 0.1) is 0 Å². The molecule has 0 N–H and O–H groups in total. The van der Waals surface area contributed by atoms with Crippen LogP contribution in [-0.4, -0.2) is 0 Å². The number of rotatable bonds is 7. The van der Waals surface area contributed by atoms with E-state index in [0.717, 1.165) is 11.3 Å². The molecule has 1 nitrogen and oxygen atoms in total. The van der Waals surface area contributed by atoms with Crippen LogP contribution in [0.1, 0.15) is 55.9 Å². The van der Waals surface area contributed by atoms with E-state index in [1.807, 2.05) is 5.38 Å². The van der Waals surface area contributed by atoms with Gasteiger partial charge in [-0.1, -0.05) is 39.0 Å². The summed E-state index contributed by atoms with van der Waals surface area (Å²) in [6.07, 6.45) is 9.00. The maximum Gasteiger partial charge on any atom is 0.110 e. The highest BCUT2D eigenvalue weighted by Gasteiger charge is 2.02. The lowest BCUT2D eigenvalue weighted by Crippen LogP contribution is -1.86. The molecule has 82 valence electrons. The lowest BCUT2D eigenvalue weighted by Gasteiger charge is -2.00. The van der Waals surface area contributed by atoms with E-state index in [4.69, 9.17) is 5.26 Å². The van der Waals surface area contributed by atoms with Crippen molar-refractivity contribution < 1.29 is 0 Å². The van der Waals surface area contributed by atoms with E-state index >= 15 is 0 Å². The van der Waals surface area contributed by atoms with E-state index in [1.165, 1.54) is 44.1 Å². The van der Waals surface area contributed by atoms with Gasteiger partial charge >= 0.3 is 0 Å². The molecule has 0 fully saturated rings. The fourth-order valence-electron chi connectivity index (χ4n) is 1.73. The van der Waals surface area contributed by atoms with Crippen molar-refractivity contribution in [3.63, 3.8) is 0 Å². The smallest absolute Gasteiger partial charge is 0.110 e. The second-order valence-electron chi connectivity index (χ2n) is 3.90. The van der Waals surface area contributed by atoms with Crippen LogP contribution >= 0.6 is 11.3 Å². The van der Waals surface area contributed by atoms with Crippen LogP contribution in [0.2, 0.25) is 0 Å². The first-order chi connectivity index (χ1) is 7.38. The Bertz CT molecular complexity index is 309. The van der Waals surface area contributed by atoms with Crippen LogP contribution < -0.4 is 0 Å². The molecule has 0 atom stereocenters. The minimum absolute atomic E-state index is 0.906. The zero-order chi connectivity index (χ0) is 10.9. The van der Waals surface area contributed by atoms with Crippen LogP contribution in [0, 0.1) is 11.3 Å². The molecule has 0 unspecified atom stereocenters. The van der Waals surface area contributed by atoms with Gasteiger partial charge in [0.1, 0.15) is 10.9 Å². The molecule has 0 bridgehead atoms. The molecular formula is C13H19NS. The van der Waals surface area contributed by atoms with Crippen LogP contribution in [-0.2, 0) is 6.42 Å². The highest BCUT2D eigenvalue weighted by atomic mass is 32.1. The summed E-state index contributed by atoms with van der Waals surface area (Å²) in [5.74, 6) is 0. The average Bonchev–Trinajstić information content (AvgIpc) is 2.70. The number of nitriles is 1. The fourth-order valence-corrected chi connectivity index (χ4v) is 2.47. The number of aryl methyl sites for hydroxylation is 1. The Balaban J connectivity index is 2.13. The van der Waals surface area contributed by atoms with Crippen LogP contribution in [0.4, 0.5) is 0 Å². The minimum atomic E-state index is 0.906. The molecule has 0 aliphatic carbocycles. The summed E-state index contributed by atoms with van der Waals surface area (Å²) in [4.78, 5) is 0.906. The summed E-state index contributed by atoms with van der Waals surface area (Å²) in [6, 6.07) is 4.35. The SMILES string of the molecule is CCCCCCCCc1ccsc1C#N. The van der Waals surface area contributed by atoms with Crippen molar-refractivity contribution in [2.75, 3.05) is 0 Å². The van der Waals surface area contributed by atoms with Gasteiger partial charge < -0.3 is 0 Å². The highest BCUT2D eigenvalue weighted by molar-refractivity contribution is 7.10. The molecule has 0 amide bonds. The second kappa shape index (κ2) is 7.48. The zero-order valence-corrected chi connectivity index (χ0v) is 10.3. The molecular weight excluding hydrogens is 202 g/mol. The summed E-state index contributed by atoms with van der Waals surface area (Å²) in [5, 5.41) is 10.9. The van der Waals surface area contributed by atoms with E-state index in [-0.39, 0.29) is 0 Å². The van der Waals surface area contributed by atoms with Gasteiger partial charge in [0.25, 0.3) is 0 Å². The Morgan fingerprint density at radius 1 is 1.20 bits per heavy atom. The summed E-state index contributed by atoms with van der Waals surface area (Å²) in [7, 11) is 0. The van der Waals surface area contributed by atoms with Gasteiger partial charge in [-0.15, -0.1) is 11.3 Å². The minimum Gasteiger partial charge on any atom is -0.192 e. The molecule has 0 aliphatic rings. The van der Waals surface area contributed by atoms with Gasteiger partial charge in [0.15, 0.2) is 0 Å². The predicted molar refractivity (Wildman–Crippen MR) is 66.1 cm³/mol. The van der Waals surface area contributed by atoms with Gasteiger partial charge in [-0.05, 0) is 29.9 Å².